The van der Waals surface area contributed by atoms with Crippen molar-refractivity contribution in [2.75, 3.05) is 11.6 Å². The number of hydroxylamine groups is 2. The maximum absolute atomic E-state index is 11.9. The fourth-order valence-electron chi connectivity index (χ4n) is 2.21. The van der Waals surface area contributed by atoms with E-state index in [0.717, 1.165) is 0 Å². The molecular weight excluding hydrogens is 299 g/mol. The smallest absolute Gasteiger partial charge is 0.281 e. The number of anilines is 2. The van der Waals surface area contributed by atoms with Crippen LogP contribution in [0.4, 0.5) is 11.4 Å². The summed E-state index contributed by atoms with van der Waals surface area (Å²) >= 11 is 12.2. The van der Waals surface area contributed by atoms with E-state index in [2.05, 4.69) is 0 Å². The van der Waals surface area contributed by atoms with Crippen LogP contribution in [0.1, 0.15) is 10.4 Å². The van der Waals surface area contributed by atoms with Crippen LogP contribution in [0.3, 0.4) is 0 Å². The summed E-state index contributed by atoms with van der Waals surface area (Å²) in [4.78, 5) is 13.7. The van der Waals surface area contributed by atoms with Gasteiger partial charge in [0.2, 0.25) is 0 Å². The van der Waals surface area contributed by atoms with Crippen LogP contribution in [0.5, 0.6) is 0 Å². The highest BCUT2D eigenvalue weighted by Crippen LogP contribution is 2.39. The molecule has 1 amide bonds. The summed E-state index contributed by atoms with van der Waals surface area (Å²) in [5, 5.41) is 11.2. The second-order valence-electron chi connectivity index (χ2n) is 4.36. The van der Waals surface area contributed by atoms with Crippen molar-refractivity contribution >= 4 is 40.5 Å². The van der Waals surface area contributed by atoms with Crippen LogP contribution in [0.25, 0.3) is 0 Å². The van der Waals surface area contributed by atoms with Gasteiger partial charge in [-0.25, -0.2) is 0 Å². The average Bonchev–Trinajstić information content (AvgIpc) is 2.46. The molecule has 0 aromatic heterocycles. The van der Waals surface area contributed by atoms with E-state index in [0.29, 0.717) is 32.0 Å². The van der Waals surface area contributed by atoms with E-state index in [1.165, 1.54) is 0 Å². The third-order valence-electron chi connectivity index (χ3n) is 3.16. The van der Waals surface area contributed by atoms with Crippen molar-refractivity contribution in [2.24, 2.45) is 0 Å². The zero-order valence-corrected chi connectivity index (χ0v) is 11.8. The lowest BCUT2D eigenvalue weighted by atomic mass is 10.1. The Hall–Kier alpha value is -1.75. The maximum atomic E-state index is 11.9. The van der Waals surface area contributed by atoms with E-state index >= 15 is 0 Å². The van der Waals surface area contributed by atoms with Gasteiger partial charge in [0, 0.05) is 0 Å². The molecule has 0 fully saturated rings. The first-order valence-electron chi connectivity index (χ1n) is 5.91. The fraction of sp³-hybridized carbons (Fsp3) is 0.0714. The monoisotopic (exact) mass is 308 g/mol. The molecule has 0 radical (unpaired) electrons. The van der Waals surface area contributed by atoms with Crippen molar-refractivity contribution in [1.29, 1.82) is 0 Å². The molecule has 0 unspecified atom stereocenters. The van der Waals surface area contributed by atoms with Crippen LogP contribution >= 0.6 is 23.2 Å². The van der Waals surface area contributed by atoms with E-state index in [1.807, 2.05) is 6.07 Å². The van der Waals surface area contributed by atoms with Gasteiger partial charge in [-0.2, -0.15) is 5.06 Å². The highest BCUT2D eigenvalue weighted by Gasteiger charge is 2.30. The molecule has 0 aliphatic carbocycles. The second-order valence-corrected chi connectivity index (χ2v) is 5.15. The summed E-state index contributed by atoms with van der Waals surface area (Å²) in [6, 6.07) is 12.3. The van der Waals surface area contributed by atoms with Crippen molar-refractivity contribution < 1.29 is 10.0 Å². The van der Waals surface area contributed by atoms with E-state index in [9.17, 15) is 10.0 Å². The minimum Gasteiger partial charge on any atom is -0.319 e. The minimum atomic E-state index is -0.435. The Morgan fingerprint density at radius 2 is 1.70 bits per heavy atom. The van der Waals surface area contributed by atoms with Gasteiger partial charge in [-0.15, -0.1) is 0 Å². The number of rotatable bonds is 1. The van der Waals surface area contributed by atoms with Gasteiger partial charge in [-0.3, -0.25) is 10.0 Å². The quantitative estimate of drug-likeness (QED) is 0.812. The zero-order valence-electron chi connectivity index (χ0n) is 10.3. The third kappa shape index (κ3) is 2.02. The van der Waals surface area contributed by atoms with Gasteiger partial charge < -0.3 is 4.90 Å². The van der Waals surface area contributed by atoms with Gasteiger partial charge in [0.1, 0.15) is 6.67 Å². The first-order valence-corrected chi connectivity index (χ1v) is 6.66. The van der Waals surface area contributed by atoms with Crippen LogP contribution in [-0.2, 0) is 0 Å². The molecule has 3 rings (SSSR count). The lowest BCUT2D eigenvalue weighted by Gasteiger charge is -2.35. The SMILES string of the molecule is O=C1c2ccccc2N(c2cccc(Cl)c2Cl)CN1O. The molecule has 0 spiro atoms. The number of halogens is 2. The Morgan fingerprint density at radius 1 is 1.00 bits per heavy atom. The van der Waals surface area contributed by atoms with Crippen LogP contribution < -0.4 is 4.90 Å². The van der Waals surface area contributed by atoms with E-state index in [4.69, 9.17) is 23.2 Å². The number of hydrogen-bond donors (Lipinski definition) is 1. The van der Waals surface area contributed by atoms with E-state index in [-0.39, 0.29) is 6.67 Å². The number of carbonyl (C=O) groups is 1. The van der Waals surface area contributed by atoms with Crippen molar-refractivity contribution in [2.45, 2.75) is 0 Å². The van der Waals surface area contributed by atoms with Crippen LogP contribution in [-0.4, -0.2) is 22.8 Å². The summed E-state index contributed by atoms with van der Waals surface area (Å²) in [7, 11) is 0. The predicted molar refractivity (Wildman–Crippen MR) is 77.9 cm³/mol. The van der Waals surface area contributed by atoms with E-state index in [1.54, 1.807) is 41.3 Å². The number of benzene rings is 2. The number of hydrogen-bond acceptors (Lipinski definition) is 3. The lowest BCUT2D eigenvalue weighted by Crippen LogP contribution is -2.42. The Kier molecular flexibility index (Phi) is 3.30. The molecule has 20 heavy (non-hydrogen) atoms. The number of nitrogens with zero attached hydrogens (tertiary/aromatic N) is 2. The minimum absolute atomic E-state index is 0.00406. The molecule has 1 N–H and O–H groups in total. The molecule has 1 aliphatic rings. The first kappa shape index (κ1) is 13.2. The highest BCUT2D eigenvalue weighted by atomic mass is 35.5. The Labute approximate surface area is 125 Å². The molecule has 0 atom stereocenters. The lowest BCUT2D eigenvalue weighted by molar-refractivity contribution is -0.0583. The van der Waals surface area contributed by atoms with Gasteiger partial charge in [0.05, 0.1) is 27.0 Å². The van der Waals surface area contributed by atoms with Crippen LogP contribution in [0, 0.1) is 0 Å². The summed E-state index contributed by atoms with van der Waals surface area (Å²) in [6.07, 6.45) is 0. The maximum Gasteiger partial charge on any atom is 0.281 e. The van der Waals surface area contributed by atoms with Gasteiger partial charge in [0.25, 0.3) is 5.91 Å². The molecule has 6 heteroatoms. The largest absolute Gasteiger partial charge is 0.319 e. The molecule has 102 valence electrons. The Morgan fingerprint density at radius 3 is 2.50 bits per heavy atom. The van der Waals surface area contributed by atoms with Crippen LogP contribution in [0.2, 0.25) is 10.0 Å². The highest BCUT2D eigenvalue weighted by molar-refractivity contribution is 6.43. The van der Waals surface area contributed by atoms with Gasteiger partial charge in [0.15, 0.2) is 0 Å². The summed E-state index contributed by atoms with van der Waals surface area (Å²) < 4.78 is 0. The molecule has 2 aromatic carbocycles. The van der Waals surface area contributed by atoms with Crippen molar-refractivity contribution in [3.63, 3.8) is 0 Å². The van der Waals surface area contributed by atoms with Gasteiger partial charge >= 0.3 is 0 Å². The first-order chi connectivity index (χ1) is 9.59. The number of fused-ring (bicyclic) bond motifs is 1. The van der Waals surface area contributed by atoms with Crippen molar-refractivity contribution in [3.8, 4) is 0 Å². The molecule has 0 saturated heterocycles. The third-order valence-corrected chi connectivity index (χ3v) is 3.97. The topological polar surface area (TPSA) is 43.8 Å². The normalized spacial score (nSPS) is 14.4. The fourth-order valence-corrected chi connectivity index (χ4v) is 2.61. The molecule has 1 aliphatic heterocycles. The standard InChI is InChI=1S/C14H10Cl2N2O2/c15-10-5-3-7-12(13(10)16)17-8-18(20)14(19)9-4-1-2-6-11(9)17/h1-7,20H,8H2. The van der Waals surface area contributed by atoms with Gasteiger partial charge in [-0.05, 0) is 24.3 Å². The molecule has 4 nitrogen and oxygen atoms in total. The van der Waals surface area contributed by atoms with Crippen LogP contribution in [0.15, 0.2) is 42.5 Å². The molecule has 2 aromatic rings. The van der Waals surface area contributed by atoms with Crippen molar-refractivity contribution in [1.82, 2.24) is 5.06 Å². The predicted octanol–water partition coefficient (Wildman–Crippen LogP) is 3.93. The van der Waals surface area contributed by atoms with Gasteiger partial charge in [-0.1, -0.05) is 41.4 Å². The Balaban J connectivity index is 2.18. The number of amides is 1. The average molecular weight is 309 g/mol. The van der Waals surface area contributed by atoms with E-state index < -0.39 is 5.91 Å². The summed E-state index contributed by atoms with van der Waals surface area (Å²) in [6.45, 7) is -0.00406. The number of carbonyl (C=O) groups excluding carboxylic acids is 1. The second kappa shape index (κ2) is 4.98. The molecule has 0 saturated carbocycles. The molecule has 1 heterocycles. The summed E-state index contributed by atoms with van der Waals surface area (Å²) in [5.74, 6) is -0.435. The summed E-state index contributed by atoms with van der Waals surface area (Å²) in [5.41, 5.74) is 1.74. The zero-order chi connectivity index (χ0) is 14.3. The number of para-hydroxylation sites is 1. The molecular formula is C14H10Cl2N2O2. The molecule has 0 bridgehead atoms. The Bertz CT molecular complexity index is 691. The van der Waals surface area contributed by atoms with Crippen molar-refractivity contribution in [3.05, 3.63) is 58.1 Å².